The molecule has 0 radical (unpaired) electrons. The molecule has 0 aliphatic carbocycles. The summed E-state index contributed by atoms with van der Waals surface area (Å²) in [6.07, 6.45) is 0. The highest BCUT2D eigenvalue weighted by Crippen LogP contribution is 2.36. The molecule has 0 bridgehead atoms. The molecule has 0 saturated carbocycles. The van der Waals surface area contributed by atoms with Crippen LogP contribution in [0.2, 0.25) is 0 Å². The summed E-state index contributed by atoms with van der Waals surface area (Å²) in [5.41, 5.74) is -0.822. The zero-order chi connectivity index (χ0) is 8.70. The van der Waals surface area contributed by atoms with Crippen LogP contribution >= 0.6 is 0 Å². The third-order valence-electron chi connectivity index (χ3n) is 2.25. The van der Waals surface area contributed by atoms with Crippen LogP contribution in [0.15, 0.2) is 12.6 Å². The van der Waals surface area contributed by atoms with E-state index in [9.17, 15) is 0 Å². The Hall–Kier alpha value is -0.405. The molecule has 0 aromatic carbocycles. The van der Waals surface area contributed by atoms with E-state index in [0.29, 0.717) is 0 Å². The van der Waals surface area contributed by atoms with Crippen molar-refractivity contribution in [3.8, 4) is 0 Å². The number of rotatable bonds is 1. The molecule has 0 amide bonds. The molecule has 1 aliphatic rings. The van der Waals surface area contributed by atoms with Crippen LogP contribution in [0.5, 0.6) is 0 Å². The molecule has 1 heterocycles. The predicted octanol–water partition coefficient (Wildman–Crippen LogP) is 1.62. The van der Waals surface area contributed by atoms with Gasteiger partial charge in [0.25, 0.3) is 0 Å². The Morgan fingerprint density at radius 3 is 2.09 bits per heavy atom. The van der Waals surface area contributed by atoms with Crippen LogP contribution in [0.25, 0.3) is 0 Å². The maximum Gasteiger partial charge on any atom is 0.489 e. The van der Waals surface area contributed by atoms with Gasteiger partial charge in [0.05, 0.1) is 6.92 Å². The summed E-state index contributed by atoms with van der Waals surface area (Å²) in [6, 6.07) is 0. The van der Waals surface area contributed by atoms with Crippen molar-refractivity contribution in [1.82, 2.24) is 0 Å². The zero-order valence-electron chi connectivity index (χ0n) is 7.39. The minimum atomic E-state index is -0.480. The number of hydrogen-bond donors (Lipinski definition) is 0. The van der Waals surface area contributed by atoms with E-state index in [0.717, 1.165) is 0 Å². The fourth-order valence-corrected chi connectivity index (χ4v) is 0.934. The summed E-state index contributed by atoms with van der Waals surface area (Å²) in [6.45, 7) is 13.4. The normalized spacial score (nSPS) is 35.7. The van der Waals surface area contributed by atoms with Gasteiger partial charge in [-0.15, -0.1) is 6.58 Å². The van der Waals surface area contributed by atoms with Crippen molar-refractivity contribution in [2.24, 2.45) is 0 Å². The zero-order valence-corrected chi connectivity index (χ0v) is 7.39. The van der Waals surface area contributed by atoms with Crippen LogP contribution in [-0.2, 0) is 9.31 Å². The maximum absolute atomic E-state index is 5.51. The van der Waals surface area contributed by atoms with E-state index in [2.05, 4.69) is 13.5 Å². The van der Waals surface area contributed by atoms with Gasteiger partial charge >= 0.3 is 7.12 Å². The molecule has 60 valence electrons. The quantitative estimate of drug-likeness (QED) is 0.421. The van der Waals surface area contributed by atoms with E-state index in [1.54, 1.807) is 5.98 Å². The highest BCUT2D eigenvalue weighted by Gasteiger charge is 2.55. The lowest BCUT2D eigenvalue weighted by Crippen LogP contribution is -2.42. The minimum absolute atomic E-state index is 0.313. The van der Waals surface area contributed by atoms with Gasteiger partial charge in [-0.3, -0.25) is 0 Å². The van der Waals surface area contributed by atoms with Crippen molar-refractivity contribution in [1.29, 1.82) is 0 Å². The van der Waals surface area contributed by atoms with Gasteiger partial charge in [0.1, 0.15) is 5.60 Å². The minimum Gasteiger partial charge on any atom is -0.395 e. The van der Waals surface area contributed by atoms with Gasteiger partial charge in [-0.25, -0.2) is 0 Å². The second-order valence-corrected chi connectivity index (χ2v) is 3.58. The molecule has 0 N–H and O–H groups in total. The smallest absolute Gasteiger partial charge is 0.395 e. The fourth-order valence-electron chi connectivity index (χ4n) is 0.934. The third kappa shape index (κ3) is 1.30. The van der Waals surface area contributed by atoms with Crippen molar-refractivity contribution in [3.63, 3.8) is 0 Å². The SMILES string of the molecule is C=CB1OC([CH2+])(C)C(C)(C)O1. The van der Waals surface area contributed by atoms with Crippen LogP contribution in [0.4, 0.5) is 0 Å². The molecule has 11 heavy (non-hydrogen) atoms. The van der Waals surface area contributed by atoms with Crippen LogP contribution in [0, 0.1) is 6.92 Å². The van der Waals surface area contributed by atoms with Gasteiger partial charge in [0.2, 0.25) is 5.60 Å². The van der Waals surface area contributed by atoms with Crippen molar-refractivity contribution >= 4 is 7.12 Å². The molecule has 0 aromatic rings. The monoisotopic (exact) mass is 153 g/mol. The van der Waals surface area contributed by atoms with Crippen LogP contribution in [-0.4, -0.2) is 18.3 Å². The lowest BCUT2D eigenvalue weighted by molar-refractivity contribution is 0.0262. The Balaban J connectivity index is 2.79. The van der Waals surface area contributed by atoms with E-state index in [1.165, 1.54) is 0 Å². The third-order valence-corrected chi connectivity index (χ3v) is 2.25. The predicted molar refractivity (Wildman–Crippen MR) is 46.0 cm³/mol. The topological polar surface area (TPSA) is 18.5 Å². The molecular formula is C8H14BO2+. The molecule has 3 heteroatoms. The van der Waals surface area contributed by atoms with Crippen molar-refractivity contribution < 1.29 is 9.31 Å². The highest BCUT2D eigenvalue weighted by molar-refractivity contribution is 6.51. The summed E-state index contributed by atoms with van der Waals surface area (Å²) < 4.78 is 11.0. The van der Waals surface area contributed by atoms with Gasteiger partial charge in [0, 0.05) is 6.92 Å². The van der Waals surface area contributed by atoms with Crippen LogP contribution in [0.1, 0.15) is 20.8 Å². The molecule has 1 rings (SSSR count). The Labute approximate surface area is 68.7 Å². The largest absolute Gasteiger partial charge is 0.489 e. The average molecular weight is 153 g/mol. The summed E-state index contributed by atoms with van der Waals surface area (Å²) in [5, 5.41) is 0. The van der Waals surface area contributed by atoms with Gasteiger partial charge in [-0.2, -0.15) is 0 Å². The highest BCUT2D eigenvalue weighted by atomic mass is 16.7. The first-order valence-corrected chi connectivity index (χ1v) is 3.72. The Kier molecular flexibility index (Phi) is 1.81. The molecule has 1 aliphatic heterocycles. The molecule has 1 atom stereocenters. The van der Waals surface area contributed by atoms with E-state index >= 15 is 0 Å². The van der Waals surface area contributed by atoms with Gasteiger partial charge in [-0.05, 0) is 13.8 Å². The van der Waals surface area contributed by atoms with Gasteiger partial charge < -0.3 is 9.31 Å². The molecule has 0 aromatic heterocycles. The molecule has 1 fully saturated rings. The van der Waals surface area contributed by atoms with E-state index in [1.807, 2.05) is 20.8 Å². The summed E-state index contributed by atoms with van der Waals surface area (Å²) in [7, 11) is -0.313. The Morgan fingerprint density at radius 2 is 1.91 bits per heavy atom. The van der Waals surface area contributed by atoms with Crippen molar-refractivity contribution in [2.45, 2.75) is 32.0 Å². The van der Waals surface area contributed by atoms with Crippen molar-refractivity contribution in [2.75, 3.05) is 0 Å². The van der Waals surface area contributed by atoms with Crippen LogP contribution < -0.4 is 0 Å². The molecule has 2 nitrogen and oxygen atoms in total. The summed E-state index contributed by atoms with van der Waals surface area (Å²) >= 11 is 0. The lowest BCUT2D eigenvalue weighted by Gasteiger charge is -2.25. The second kappa shape index (κ2) is 2.29. The summed E-state index contributed by atoms with van der Waals surface area (Å²) in [5.74, 6) is 1.64. The first-order chi connectivity index (χ1) is 4.89. The van der Waals surface area contributed by atoms with E-state index in [4.69, 9.17) is 9.31 Å². The standard InChI is InChI=1S/C8H14BO2/c1-6-9-10-7(2,3)8(4,5)11-9/h6H,1-2H2,3-5H3/q+1. The van der Waals surface area contributed by atoms with Crippen molar-refractivity contribution in [3.05, 3.63) is 19.5 Å². The lowest BCUT2D eigenvalue weighted by atomic mass is 9.90. The Morgan fingerprint density at radius 1 is 1.36 bits per heavy atom. The molecule has 1 saturated heterocycles. The maximum atomic E-state index is 5.51. The van der Waals surface area contributed by atoms with E-state index < -0.39 is 5.60 Å². The summed E-state index contributed by atoms with van der Waals surface area (Å²) in [4.78, 5) is 0. The molecule has 0 spiro atoms. The number of hydrogen-bond acceptors (Lipinski definition) is 2. The fraction of sp³-hybridized carbons (Fsp3) is 0.625. The Bertz CT molecular complexity index is 159. The first kappa shape index (κ1) is 8.69. The molecular weight excluding hydrogens is 139 g/mol. The van der Waals surface area contributed by atoms with E-state index in [-0.39, 0.29) is 12.7 Å². The molecule has 1 unspecified atom stereocenters. The average Bonchev–Trinajstić information content (AvgIpc) is 2.03. The van der Waals surface area contributed by atoms with Crippen LogP contribution in [0.3, 0.4) is 0 Å². The van der Waals surface area contributed by atoms with Gasteiger partial charge in [-0.1, -0.05) is 5.98 Å². The second-order valence-electron chi connectivity index (χ2n) is 3.58. The van der Waals surface area contributed by atoms with Gasteiger partial charge in [0.15, 0.2) is 0 Å². The first-order valence-electron chi connectivity index (χ1n) is 3.72.